The summed E-state index contributed by atoms with van der Waals surface area (Å²) in [5, 5.41) is 13.7. The lowest BCUT2D eigenvalue weighted by molar-refractivity contribution is 0.0627. The molecule has 2 aromatic heterocycles. The Morgan fingerprint density at radius 1 is 0.976 bits per heavy atom. The first-order chi connectivity index (χ1) is 20.5. The third kappa shape index (κ3) is 6.87. The maximum atomic E-state index is 6.29. The van der Waals surface area contributed by atoms with Crippen LogP contribution in [0.5, 0.6) is 0 Å². The zero-order valence-corrected chi connectivity index (χ0v) is 27.6. The lowest BCUT2D eigenvalue weighted by Gasteiger charge is -2.29. The monoisotopic (exact) mass is 702 g/mol. The number of fused-ring (bicyclic) bond motifs is 2. The fraction of sp³-hybridized carbons (Fsp3) is 0.290. The van der Waals surface area contributed by atoms with Crippen LogP contribution in [0.1, 0.15) is 47.9 Å². The van der Waals surface area contributed by atoms with Gasteiger partial charge < -0.3 is 19.9 Å². The molecule has 0 radical (unpaired) electrons. The number of amidine groups is 1. The van der Waals surface area contributed by atoms with Crippen LogP contribution in [0.15, 0.2) is 71.0 Å². The number of hydrogen-bond acceptors (Lipinski definition) is 7. The predicted molar refractivity (Wildman–Crippen MR) is 178 cm³/mol. The molecule has 1 N–H and O–H groups in total. The summed E-state index contributed by atoms with van der Waals surface area (Å²) in [7, 11) is 1.58. The molecule has 0 saturated heterocycles. The van der Waals surface area contributed by atoms with Gasteiger partial charge in [-0.1, -0.05) is 57.8 Å². The van der Waals surface area contributed by atoms with Crippen LogP contribution in [0.25, 0.3) is 0 Å². The van der Waals surface area contributed by atoms with E-state index in [1.807, 2.05) is 71.2 Å². The van der Waals surface area contributed by atoms with Gasteiger partial charge in [0.2, 0.25) is 0 Å². The van der Waals surface area contributed by atoms with Crippen LogP contribution in [0.2, 0.25) is 10.0 Å². The first-order valence-electron chi connectivity index (χ1n) is 13.7. The van der Waals surface area contributed by atoms with Gasteiger partial charge in [-0.15, -0.1) is 22.7 Å². The molecule has 0 spiro atoms. The van der Waals surface area contributed by atoms with Gasteiger partial charge in [-0.2, -0.15) is 0 Å². The second kappa shape index (κ2) is 13.5. The molecule has 11 heteroatoms. The molecule has 1 unspecified atom stereocenters. The lowest BCUT2D eigenvalue weighted by atomic mass is 10.1. The van der Waals surface area contributed by atoms with E-state index in [2.05, 4.69) is 48.6 Å². The number of rotatable bonds is 8. The van der Waals surface area contributed by atoms with Gasteiger partial charge in [0.1, 0.15) is 7.11 Å². The smallest absolute Gasteiger partial charge is 0.175 e. The Morgan fingerprint density at radius 3 is 2.50 bits per heavy atom. The van der Waals surface area contributed by atoms with Gasteiger partial charge in [0.05, 0.1) is 0 Å². The van der Waals surface area contributed by atoms with Crippen LogP contribution in [0.4, 0.5) is 0 Å². The topological polar surface area (TPSA) is 58.5 Å². The largest absolute Gasteiger partial charge is 0.397 e. The van der Waals surface area contributed by atoms with Crippen LogP contribution in [0.3, 0.4) is 0 Å². The van der Waals surface area contributed by atoms with E-state index < -0.39 is 0 Å². The molecule has 6 nitrogen and oxygen atoms in total. The van der Waals surface area contributed by atoms with Crippen LogP contribution < -0.4 is 5.32 Å². The molecule has 4 heterocycles. The Hall–Kier alpha value is -2.40. The first kappa shape index (κ1) is 29.7. The van der Waals surface area contributed by atoms with E-state index in [1.54, 1.807) is 7.11 Å². The molecule has 0 bridgehead atoms. The van der Waals surface area contributed by atoms with Crippen LogP contribution >= 0.6 is 61.8 Å². The zero-order valence-electron chi connectivity index (χ0n) is 22.9. The van der Waals surface area contributed by atoms with Crippen molar-refractivity contribution in [1.29, 1.82) is 0 Å². The second-order valence-corrected chi connectivity index (χ2v) is 14.2. The van der Waals surface area contributed by atoms with Gasteiger partial charge >= 0.3 is 0 Å². The molecule has 0 fully saturated rings. The molecule has 4 aromatic rings. The van der Waals surface area contributed by atoms with Crippen molar-refractivity contribution >= 4 is 72.3 Å². The molecule has 218 valence electrons. The van der Waals surface area contributed by atoms with E-state index in [-0.39, 0.29) is 6.10 Å². The van der Waals surface area contributed by atoms with Crippen molar-refractivity contribution in [3.8, 4) is 0 Å². The van der Waals surface area contributed by atoms with E-state index in [4.69, 9.17) is 32.9 Å². The third-order valence-electron chi connectivity index (χ3n) is 7.26. The molecule has 0 saturated carbocycles. The number of benzene rings is 2. The number of nitrogens with one attached hydrogen (secondary N) is 1. The van der Waals surface area contributed by atoms with Crippen molar-refractivity contribution in [2.45, 2.75) is 38.5 Å². The van der Waals surface area contributed by atoms with Crippen LogP contribution in [-0.4, -0.2) is 35.6 Å². The summed E-state index contributed by atoms with van der Waals surface area (Å²) in [6.45, 7) is 3.51. The molecule has 2 aromatic carbocycles. The Bertz CT molecular complexity index is 1610. The molecule has 0 aliphatic carbocycles. The average Bonchev–Trinajstić information content (AvgIpc) is 3.61. The normalized spacial score (nSPS) is 16.1. The predicted octanol–water partition coefficient (Wildman–Crippen LogP) is 8.19. The minimum atomic E-state index is -0.208. The van der Waals surface area contributed by atoms with Crippen molar-refractivity contribution in [2.24, 2.45) is 10.3 Å². The van der Waals surface area contributed by atoms with Crippen LogP contribution in [-0.2, 0) is 42.0 Å². The quantitative estimate of drug-likeness (QED) is 0.114. The first-order valence-corrected chi connectivity index (χ1v) is 16.8. The molecule has 0 amide bonds. The molecule has 6 rings (SSSR count). The highest BCUT2D eigenvalue weighted by molar-refractivity contribution is 9.18. The third-order valence-corrected chi connectivity index (χ3v) is 10.9. The maximum absolute atomic E-state index is 6.29. The number of thiophene rings is 2. The van der Waals surface area contributed by atoms with Gasteiger partial charge in [-0.3, -0.25) is 0 Å². The van der Waals surface area contributed by atoms with Gasteiger partial charge in [0, 0.05) is 73.3 Å². The van der Waals surface area contributed by atoms with Crippen molar-refractivity contribution in [1.82, 2.24) is 10.2 Å². The second-order valence-electron chi connectivity index (χ2n) is 10.2. The Labute approximate surface area is 272 Å². The Kier molecular flexibility index (Phi) is 9.53. The molecule has 2 aliphatic heterocycles. The van der Waals surface area contributed by atoms with E-state index in [9.17, 15) is 0 Å². The highest BCUT2D eigenvalue weighted by Gasteiger charge is 2.26. The zero-order chi connectivity index (χ0) is 29.1. The van der Waals surface area contributed by atoms with E-state index in [0.717, 1.165) is 62.4 Å². The summed E-state index contributed by atoms with van der Waals surface area (Å²) in [6.07, 6.45) is 2.51. The van der Waals surface area contributed by atoms with Crippen molar-refractivity contribution in [3.05, 3.63) is 112 Å². The van der Waals surface area contributed by atoms with Gasteiger partial charge in [-0.05, 0) is 76.3 Å². The van der Waals surface area contributed by atoms with Crippen molar-refractivity contribution < 1.29 is 9.68 Å². The highest BCUT2D eigenvalue weighted by atomic mass is 79.9. The lowest BCUT2D eigenvalue weighted by Crippen LogP contribution is -2.36. The molecular weight excluding hydrogens is 675 g/mol. The Balaban J connectivity index is 1.24. The molecule has 2 aliphatic rings. The van der Waals surface area contributed by atoms with E-state index in [0.29, 0.717) is 14.7 Å². The number of halogens is 3. The summed E-state index contributed by atoms with van der Waals surface area (Å²) in [5.41, 5.74) is 4.48. The van der Waals surface area contributed by atoms with Crippen LogP contribution in [0, 0.1) is 0 Å². The average molecular weight is 705 g/mol. The minimum Gasteiger partial charge on any atom is -0.397 e. The minimum absolute atomic E-state index is 0.208. The molecular formula is C31H29BrCl2N4O2S2. The summed E-state index contributed by atoms with van der Waals surface area (Å²) >= 11 is 19.8. The molecule has 1 atom stereocenters. The van der Waals surface area contributed by atoms with Gasteiger partial charge in [0.15, 0.2) is 16.6 Å². The van der Waals surface area contributed by atoms with Crippen molar-refractivity contribution in [2.75, 3.05) is 20.2 Å². The number of hydrogen-bond donors (Lipinski definition) is 1. The van der Waals surface area contributed by atoms with Gasteiger partial charge in [-0.25, -0.2) is 0 Å². The summed E-state index contributed by atoms with van der Waals surface area (Å²) in [6, 6.07) is 19.9. The SMILES string of the molecule is CO/N=C(\c1cccc(Cl)c1)N1CCc2sc(CC(O/N=C(/Br)c3cccc(Cl)c3)c3cc4c(s3)CCNC4)cc2C1. The fourth-order valence-corrected chi connectivity index (χ4v) is 8.39. The summed E-state index contributed by atoms with van der Waals surface area (Å²) in [5.74, 6) is 0.789. The Morgan fingerprint density at radius 2 is 1.74 bits per heavy atom. The summed E-state index contributed by atoms with van der Waals surface area (Å²) in [4.78, 5) is 19.1. The standard InChI is InChI=1S/C31H29BrCl2N4O2S2/c1-39-37-31(20-5-3-7-24(34)13-20)38-11-9-28-22(18-38)14-25(41-28)16-26(29-15-21-17-35-10-8-27(21)42-29)40-36-30(32)19-4-2-6-23(33)12-19/h2-7,12-15,26,35H,8-11,16-18H2,1H3/b36-30+,37-31+. The van der Waals surface area contributed by atoms with E-state index >= 15 is 0 Å². The van der Waals surface area contributed by atoms with Crippen molar-refractivity contribution in [3.63, 3.8) is 0 Å². The summed E-state index contributed by atoms with van der Waals surface area (Å²) < 4.78 is 0.616. The fourth-order valence-electron chi connectivity index (χ4n) is 5.27. The van der Waals surface area contributed by atoms with Gasteiger partial charge in [0.25, 0.3) is 0 Å². The number of nitrogens with zero attached hydrogens (tertiary/aromatic N) is 3. The highest BCUT2D eigenvalue weighted by Crippen LogP contribution is 2.37. The number of oxime groups is 2. The maximum Gasteiger partial charge on any atom is 0.175 e. The van der Waals surface area contributed by atoms with E-state index in [1.165, 1.54) is 30.6 Å². The molecule has 42 heavy (non-hydrogen) atoms.